The molecule has 2 N–H and O–H groups in total. The predicted octanol–water partition coefficient (Wildman–Crippen LogP) is 2.15. The second-order valence-electron chi connectivity index (χ2n) is 6.19. The Kier molecular flexibility index (Phi) is 6.03. The molecule has 0 amide bonds. The molecular formula is C17H28N2O2. The fraction of sp³-hybridized carbons (Fsp3) is 0.647. The molecule has 1 aromatic carbocycles. The van der Waals surface area contributed by atoms with Crippen molar-refractivity contribution in [2.75, 3.05) is 20.2 Å². The topological polar surface area (TPSA) is 44.7 Å². The smallest absolute Gasteiger partial charge is 0.123 e. The highest BCUT2D eigenvalue weighted by molar-refractivity contribution is 5.37. The van der Waals surface area contributed by atoms with Gasteiger partial charge in [0.1, 0.15) is 5.75 Å². The highest BCUT2D eigenvalue weighted by atomic mass is 16.5. The van der Waals surface area contributed by atoms with Crippen LogP contribution in [0.5, 0.6) is 5.75 Å². The molecule has 0 spiro atoms. The maximum absolute atomic E-state index is 9.56. The van der Waals surface area contributed by atoms with Crippen molar-refractivity contribution in [1.82, 2.24) is 10.2 Å². The van der Waals surface area contributed by atoms with Gasteiger partial charge in [-0.1, -0.05) is 26.0 Å². The fourth-order valence-electron chi connectivity index (χ4n) is 2.68. The van der Waals surface area contributed by atoms with Gasteiger partial charge in [0.15, 0.2) is 0 Å². The summed E-state index contributed by atoms with van der Waals surface area (Å²) in [5.41, 5.74) is 2.47. The number of likely N-dealkylation sites (tertiary alicyclic amines) is 1. The van der Waals surface area contributed by atoms with Crippen molar-refractivity contribution in [3.05, 3.63) is 29.3 Å². The van der Waals surface area contributed by atoms with Gasteiger partial charge in [-0.2, -0.15) is 0 Å². The molecule has 0 saturated carbocycles. The number of aliphatic hydroxyl groups excluding tert-OH is 1. The van der Waals surface area contributed by atoms with Gasteiger partial charge in [0.05, 0.1) is 13.2 Å². The van der Waals surface area contributed by atoms with Crippen molar-refractivity contribution in [2.45, 2.75) is 51.9 Å². The molecule has 1 aliphatic heterocycles. The molecule has 4 nitrogen and oxygen atoms in total. The lowest BCUT2D eigenvalue weighted by atomic mass is 10.1. The molecule has 2 rings (SSSR count). The van der Waals surface area contributed by atoms with Gasteiger partial charge in [-0.3, -0.25) is 4.90 Å². The van der Waals surface area contributed by atoms with Crippen molar-refractivity contribution in [3.63, 3.8) is 0 Å². The van der Waals surface area contributed by atoms with Crippen LogP contribution in [0.2, 0.25) is 0 Å². The third-order valence-corrected chi connectivity index (χ3v) is 4.02. The summed E-state index contributed by atoms with van der Waals surface area (Å²) in [5, 5.41) is 13.0. The summed E-state index contributed by atoms with van der Waals surface area (Å²) in [6.45, 7) is 8.00. The number of benzene rings is 1. The van der Waals surface area contributed by atoms with E-state index in [1.165, 1.54) is 11.1 Å². The van der Waals surface area contributed by atoms with Gasteiger partial charge in [0.2, 0.25) is 0 Å². The van der Waals surface area contributed by atoms with Crippen LogP contribution in [0, 0.1) is 0 Å². The quantitative estimate of drug-likeness (QED) is 0.843. The van der Waals surface area contributed by atoms with Gasteiger partial charge in [-0.25, -0.2) is 0 Å². The van der Waals surface area contributed by atoms with Crippen LogP contribution in [-0.2, 0) is 13.1 Å². The van der Waals surface area contributed by atoms with E-state index < -0.39 is 0 Å². The molecule has 118 valence electrons. The number of rotatable bonds is 6. The summed E-state index contributed by atoms with van der Waals surface area (Å²) in [6.07, 6.45) is 1.65. The Hall–Kier alpha value is -1.10. The molecular weight excluding hydrogens is 264 g/mol. The first-order valence-corrected chi connectivity index (χ1v) is 7.88. The minimum atomic E-state index is -0.111. The molecule has 0 aliphatic carbocycles. The molecule has 1 fully saturated rings. The number of piperidine rings is 1. The Morgan fingerprint density at radius 3 is 2.67 bits per heavy atom. The Morgan fingerprint density at radius 2 is 2.05 bits per heavy atom. The first-order valence-electron chi connectivity index (χ1n) is 7.88. The number of nitrogens with zero attached hydrogens (tertiary/aromatic N) is 1. The summed E-state index contributed by atoms with van der Waals surface area (Å²) in [4.78, 5) is 2.40. The zero-order valence-electron chi connectivity index (χ0n) is 13.4. The average Bonchev–Trinajstić information content (AvgIpc) is 2.48. The molecule has 0 aromatic heterocycles. The van der Waals surface area contributed by atoms with E-state index in [4.69, 9.17) is 4.74 Å². The highest BCUT2D eigenvalue weighted by Crippen LogP contribution is 2.22. The lowest BCUT2D eigenvalue weighted by Crippen LogP contribution is -2.35. The predicted molar refractivity (Wildman–Crippen MR) is 85.5 cm³/mol. The van der Waals surface area contributed by atoms with Crippen LogP contribution in [-0.4, -0.2) is 42.4 Å². The summed E-state index contributed by atoms with van der Waals surface area (Å²) in [5.74, 6) is 0.956. The van der Waals surface area contributed by atoms with Crippen molar-refractivity contribution in [1.29, 1.82) is 0 Å². The summed E-state index contributed by atoms with van der Waals surface area (Å²) in [7, 11) is 1.73. The van der Waals surface area contributed by atoms with E-state index in [9.17, 15) is 5.11 Å². The second kappa shape index (κ2) is 7.78. The number of hydrogen-bond donors (Lipinski definition) is 2. The Bertz CT molecular complexity index is 440. The first kappa shape index (κ1) is 16.3. The minimum absolute atomic E-state index is 0.111. The van der Waals surface area contributed by atoms with Gasteiger partial charge in [0.25, 0.3) is 0 Å². The molecule has 0 radical (unpaired) electrons. The van der Waals surface area contributed by atoms with Crippen LogP contribution in [0.3, 0.4) is 0 Å². The lowest BCUT2D eigenvalue weighted by molar-refractivity contribution is 0.0792. The Labute approximate surface area is 128 Å². The highest BCUT2D eigenvalue weighted by Gasteiger charge is 2.17. The monoisotopic (exact) mass is 292 g/mol. The summed E-state index contributed by atoms with van der Waals surface area (Å²) >= 11 is 0. The van der Waals surface area contributed by atoms with Gasteiger partial charge in [-0.05, 0) is 24.5 Å². The van der Waals surface area contributed by atoms with E-state index >= 15 is 0 Å². The van der Waals surface area contributed by atoms with Gasteiger partial charge in [-0.15, -0.1) is 0 Å². The normalized spacial score (nSPS) is 17.4. The van der Waals surface area contributed by atoms with E-state index in [1.54, 1.807) is 7.11 Å². The summed E-state index contributed by atoms with van der Waals surface area (Å²) in [6, 6.07) is 6.95. The molecule has 21 heavy (non-hydrogen) atoms. The van der Waals surface area contributed by atoms with Gasteiger partial charge < -0.3 is 15.2 Å². The van der Waals surface area contributed by atoms with Gasteiger partial charge >= 0.3 is 0 Å². The standard InChI is InChI=1S/C17H28N2O2/c1-13(2)18-11-15-5-4-14(10-17(15)21-3)12-19-8-6-16(20)7-9-19/h4-5,10,13,16,18,20H,6-9,11-12H2,1-3H3. The SMILES string of the molecule is COc1cc(CN2CCC(O)CC2)ccc1CNC(C)C. The summed E-state index contributed by atoms with van der Waals surface area (Å²) < 4.78 is 5.53. The number of nitrogens with one attached hydrogen (secondary N) is 1. The van der Waals surface area contributed by atoms with Crippen LogP contribution in [0.4, 0.5) is 0 Å². The van der Waals surface area contributed by atoms with Crippen molar-refractivity contribution < 1.29 is 9.84 Å². The van der Waals surface area contributed by atoms with E-state index in [2.05, 4.69) is 42.3 Å². The van der Waals surface area contributed by atoms with E-state index in [0.29, 0.717) is 6.04 Å². The molecule has 4 heteroatoms. The third-order valence-electron chi connectivity index (χ3n) is 4.02. The van der Waals surface area contributed by atoms with Crippen molar-refractivity contribution in [3.8, 4) is 5.75 Å². The third kappa shape index (κ3) is 4.99. The number of ether oxygens (including phenoxy) is 1. The minimum Gasteiger partial charge on any atom is -0.496 e. The largest absolute Gasteiger partial charge is 0.496 e. The molecule has 0 bridgehead atoms. The van der Waals surface area contributed by atoms with Crippen molar-refractivity contribution >= 4 is 0 Å². The van der Waals surface area contributed by atoms with Crippen molar-refractivity contribution in [2.24, 2.45) is 0 Å². The molecule has 1 heterocycles. The lowest BCUT2D eigenvalue weighted by Gasteiger charge is -2.29. The van der Waals surface area contributed by atoms with E-state index in [0.717, 1.165) is 44.8 Å². The molecule has 1 aromatic rings. The molecule has 1 saturated heterocycles. The first-order chi connectivity index (χ1) is 10.1. The van der Waals surface area contributed by atoms with Crippen LogP contribution in [0.25, 0.3) is 0 Å². The molecule has 1 aliphatic rings. The maximum Gasteiger partial charge on any atom is 0.123 e. The number of hydrogen-bond acceptors (Lipinski definition) is 4. The van der Waals surface area contributed by atoms with Crippen LogP contribution < -0.4 is 10.1 Å². The number of aliphatic hydroxyl groups is 1. The fourth-order valence-corrected chi connectivity index (χ4v) is 2.68. The zero-order chi connectivity index (χ0) is 15.2. The van der Waals surface area contributed by atoms with E-state index in [1.807, 2.05) is 0 Å². The van der Waals surface area contributed by atoms with Crippen LogP contribution in [0.15, 0.2) is 18.2 Å². The zero-order valence-corrected chi connectivity index (χ0v) is 13.4. The van der Waals surface area contributed by atoms with Gasteiger partial charge in [0, 0.05) is 37.8 Å². The Balaban J connectivity index is 1.97. The van der Waals surface area contributed by atoms with Crippen LogP contribution in [0.1, 0.15) is 37.8 Å². The average molecular weight is 292 g/mol. The number of methoxy groups -OCH3 is 1. The Morgan fingerprint density at radius 1 is 1.33 bits per heavy atom. The maximum atomic E-state index is 9.56. The molecule has 0 unspecified atom stereocenters. The molecule has 0 atom stereocenters. The second-order valence-corrected chi connectivity index (χ2v) is 6.19. The van der Waals surface area contributed by atoms with E-state index in [-0.39, 0.29) is 6.10 Å². The van der Waals surface area contributed by atoms with Crippen LogP contribution >= 0.6 is 0 Å².